The maximum absolute atomic E-state index is 12.7. The molecule has 4 aromatic rings. The molecule has 5 rings (SSSR count). The molecule has 7 heteroatoms. The second-order valence-corrected chi connectivity index (χ2v) is 10.3. The minimum absolute atomic E-state index is 0.424. The molecule has 1 fully saturated rings. The van der Waals surface area contributed by atoms with Crippen molar-refractivity contribution in [3.63, 3.8) is 0 Å². The van der Waals surface area contributed by atoms with E-state index in [1.165, 1.54) is 27.5 Å². The van der Waals surface area contributed by atoms with Crippen LogP contribution in [-0.4, -0.2) is 48.8 Å². The summed E-state index contributed by atoms with van der Waals surface area (Å²) in [6.07, 6.45) is 0. The number of hydrogen-bond acceptors (Lipinski definition) is 5. The molecule has 5 nitrogen and oxygen atoms in total. The predicted molar refractivity (Wildman–Crippen MR) is 118 cm³/mol. The fourth-order valence-corrected chi connectivity index (χ4v) is 6.54. The molecule has 148 valence electrons. The van der Waals surface area contributed by atoms with E-state index >= 15 is 0 Å². The van der Waals surface area contributed by atoms with Crippen molar-refractivity contribution in [2.75, 3.05) is 26.2 Å². The van der Waals surface area contributed by atoms with Crippen LogP contribution in [0.3, 0.4) is 0 Å². The summed E-state index contributed by atoms with van der Waals surface area (Å²) in [7, 11) is -3.37. The molecule has 0 atom stereocenters. The third-order valence-corrected chi connectivity index (χ3v) is 8.75. The minimum Gasteiger partial charge on any atom is -0.295 e. The van der Waals surface area contributed by atoms with Crippen LogP contribution in [0.2, 0.25) is 0 Å². The fourth-order valence-electron chi connectivity index (χ4n) is 3.97. The highest BCUT2D eigenvalue weighted by atomic mass is 32.2. The van der Waals surface area contributed by atoms with E-state index in [4.69, 9.17) is 4.98 Å². The molecule has 0 aliphatic carbocycles. The summed E-state index contributed by atoms with van der Waals surface area (Å²) in [4.78, 5) is 7.23. The molecule has 1 saturated heterocycles. The highest BCUT2D eigenvalue weighted by molar-refractivity contribution is 7.91. The van der Waals surface area contributed by atoms with Crippen molar-refractivity contribution in [3.05, 3.63) is 71.7 Å². The van der Waals surface area contributed by atoms with E-state index in [9.17, 15) is 8.42 Å². The van der Waals surface area contributed by atoms with Gasteiger partial charge in [-0.15, -0.1) is 11.3 Å². The first-order valence-corrected chi connectivity index (χ1v) is 12.0. The smallest absolute Gasteiger partial charge is 0.252 e. The fraction of sp³-hybridized carbons (Fsp3) is 0.227. The van der Waals surface area contributed by atoms with Gasteiger partial charge in [0, 0.05) is 43.5 Å². The van der Waals surface area contributed by atoms with E-state index in [-0.39, 0.29) is 0 Å². The van der Waals surface area contributed by atoms with E-state index < -0.39 is 10.0 Å². The van der Waals surface area contributed by atoms with Crippen LogP contribution in [0.15, 0.2) is 70.3 Å². The van der Waals surface area contributed by atoms with Crippen molar-refractivity contribution in [3.8, 4) is 0 Å². The third kappa shape index (κ3) is 3.44. The number of rotatable bonds is 4. The van der Waals surface area contributed by atoms with Gasteiger partial charge in [0.05, 0.1) is 11.2 Å². The number of nitrogens with zero attached hydrogens (tertiary/aromatic N) is 3. The summed E-state index contributed by atoms with van der Waals surface area (Å²) in [5, 5.41) is 5.35. The Bertz CT molecular complexity index is 1260. The lowest BCUT2D eigenvalue weighted by atomic mass is 10.0. The van der Waals surface area contributed by atoms with Gasteiger partial charge in [0.1, 0.15) is 4.21 Å². The van der Waals surface area contributed by atoms with Crippen molar-refractivity contribution in [2.24, 2.45) is 0 Å². The van der Waals surface area contributed by atoms with Crippen LogP contribution in [0.25, 0.3) is 21.7 Å². The Kier molecular flexibility index (Phi) is 4.83. The largest absolute Gasteiger partial charge is 0.295 e. The Balaban J connectivity index is 1.39. The molecule has 0 N–H and O–H groups in total. The number of thiophene rings is 1. The normalized spacial score (nSPS) is 16.6. The summed E-state index contributed by atoms with van der Waals surface area (Å²) in [6.45, 7) is 3.14. The first-order chi connectivity index (χ1) is 14.1. The van der Waals surface area contributed by atoms with Crippen LogP contribution in [0, 0.1) is 0 Å². The van der Waals surface area contributed by atoms with Gasteiger partial charge in [0.2, 0.25) is 0 Å². The highest BCUT2D eigenvalue weighted by Gasteiger charge is 2.29. The number of sulfonamides is 1. The monoisotopic (exact) mass is 423 g/mol. The predicted octanol–water partition coefficient (Wildman–Crippen LogP) is 3.96. The van der Waals surface area contributed by atoms with Crippen LogP contribution in [0.4, 0.5) is 0 Å². The maximum atomic E-state index is 12.7. The van der Waals surface area contributed by atoms with E-state index in [0.717, 1.165) is 17.8 Å². The van der Waals surface area contributed by atoms with Gasteiger partial charge in [0.15, 0.2) is 0 Å². The molecule has 0 unspecified atom stereocenters. The molecule has 2 aromatic heterocycles. The van der Waals surface area contributed by atoms with E-state index in [1.807, 2.05) is 18.2 Å². The van der Waals surface area contributed by atoms with Gasteiger partial charge in [-0.3, -0.25) is 9.88 Å². The molecule has 1 aliphatic heterocycles. The van der Waals surface area contributed by atoms with Crippen molar-refractivity contribution >= 4 is 43.0 Å². The molecule has 0 radical (unpaired) electrons. The number of benzene rings is 2. The average Bonchev–Trinajstić information content (AvgIpc) is 3.30. The van der Waals surface area contributed by atoms with E-state index in [2.05, 4.69) is 35.2 Å². The van der Waals surface area contributed by atoms with Crippen molar-refractivity contribution in [1.82, 2.24) is 14.2 Å². The zero-order valence-electron chi connectivity index (χ0n) is 15.9. The van der Waals surface area contributed by atoms with Crippen LogP contribution in [-0.2, 0) is 16.6 Å². The van der Waals surface area contributed by atoms with Crippen LogP contribution in [0.5, 0.6) is 0 Å². The van der Waals surface area contributed by atoms with Crippen molar-refractivity contribution in [2.45, 2.75) is 10.8 Å². The lowest BCUT2D eigenvalue weighted by molar-refractivity contribution is 0.181. The summed E-state index contributed by atoms with van der Waals surface area (Å²) < 4.78 is 27.5. The number of pyridine rings is 1. The second-order valence-electron chi connectivity index (χ2n) is 7.23. The Morgan fingerprint density at radius 1 is 0.828 bits per heavy atom. The average molecular weight is 424 g/mol. The van der Waals surface area contributed by atoms with Gasteiger partial charge in [-0.25, -0.2) is 8.42 Å². The van der Waals surface area contributed by atoms with Gasteiger partial charge < -0.3 is 0 Å². The number of hydrogen-bond donors (Lipinski definition) is 0. The molecule has 3 heterocycles. The van der Waals surface area contributed by atoms with Crippen LogP contribution in [0.1, 0.15) is 5.69 Å². The molecule has 1 aliphatic rings. The zero-order chi connectivity index (χ0) is 19.8. The number of piperazine rings is 1. The standard InChI is InChI=1S/C22H21N3O2S2/c26-29(27,22-10-5-15-28-22)25-13-11-24(12-14-25)16-21-19-8-2-1-6-17(19)18-7-3-4-9-20(18)23-21/h1-10,15H,11-14,16H2. The van der Waals surface area contributed by atoms with Gasteiger partial charge in [-0.2, -0.15) is 4.31 Å². The minimum atomic E-state index is -3.37. The van der Waals surface area contributed by atoms with Crippen molar-refractivity contribution < 1.29 is 8.42 Å². The molecular weight excluding hydrogens is 402 g/mol. The Morgan fingerprint density at radius 2 is 1.52 bits per heavy atom. The Morgan fingerprint density at radius 3 is 2.24 bits per heavy atom. The quantitative estimate of drug-likeness (QED) is 0.466. The molecule has 29 heavy (non-hydrogen) atoms. The molecule has 2 aromatic carbocycles. The van der Waals surface area contributed by atoms with Gasteiger partial charge >= 0.3 is 0 Å². The van der Waals surface area contributed by atoms with E-state index in [0.29, 0.717) is 30.4 Å². The van der Waals surface area contributed by atoms with Gasteiger partial charge in [0.25, 0.3) is 10.0 Å². The van der Waals surface area contributed by atoms with Gasteiger partial charge in [-0.1, -0.05) is 48.5 Å². The third-order valence-electron chi connectivity index (χ3n) is 5.48. The maximum Gasteiger partial charge on any atom is 0.252 e. The summed E-state index contributed by atoms with van der Waals surface area (Å²) in [6, 6.07) is 20.1. The summed E-state index contributed by atoms with van der Waals surface area (Å²) in [5.41, 5.74) is 2.05. The summed E-state index contributed by atoms with van der Waals surface area (Å²) in [5.74, 6) is 0. The molecular formula is C22H21N3O2S2. The first kappa shape index (κ1) is 18.7. The SMILES string of the molecule is O=S(=O)(c1cccs1)N1CCN(Cc2nc3ccccc3c3ccccc23)CC1. The first-order valence-electron chi connectivity index (χ1n) is 9.65. The molecule has 0 bridgehead atoms. The number of fused-ring (bicyclic) bond motifs is 3. The van der Waals surface area contributed by atoms with E-state index in [1.54, 1.807) is 21.8 Å². The number of aromatic nitrogens is 1. The topological polar surface area (TPSA) is 53.5 Å². The number of para-hydroxylation sites is 1. The molecule has 0 amide bonds. The van der Waals surface area contributed by atoms with Crippen molar-refractivity contribution in [1.29, 1.82) is 0 Å². The molecule has 0 spiro atoms. The Labute approximate surface area is 174 Å². The highest BCUT2D eigenvalue weighted by Crippen LogP contribution is 2.28. The summed E-state index contributed by atoms with van der Waals surface area (Å²) >= 11 is 1.28. The van der Waals surface area contributed by atoms with Crippen LogP contribution < -0.4 is 0 Å². The zero-order valence-corrected chi connectivity index (χ0v) is 17.5. The lowest BCUT2D eigenvalue weighted by Gasteiger charge is -2.33. The molecule has 0 saturated carbocycles. The second kappa shape index (κ2) is 7.50. The van der Waals surface area contributed by atoms with Crippen LogP contribution >= 0.6 is 11.3 Å². The lowest BCUT2D eigenvalue weighted by Crippen LogP contribution is -2.48. The Hall–Kier alpha value is -2.32. The van der Waals surface area contributed by atoms with Gasteiger partial charge in [-0.05, 0) is 22.9 Å².